The number of halogens is 3. The van der Waals surface area contributed by atoms with Gasteiger partial charge in [0.25, 0.3) is 5.95 Å². The molecular formula is C16H13F3N4. The number of aromatic nitrogens is 4. The predicted molar refractivity (Wildman–Crippen MR) is 79.1 cm³/mol. The molecule has 23 heavy (non-hydrogen) atoms. The minimum Gasteiger partial charge on any atom is -0.216 e. The topological polar surface area (TPSA) is 43.6 Å². The van der Waals surface area contributed by atoms with Gasteiger partial charge in [-0.2, -0.15) is 23.0 Å². The Morgan fingerprint density at radius 3 is 2.09 bits per heavy atom. The summed E-state index contributed by atoms with van der Waals surface area (Å²) >= 11 is 0. The highest BCUT2D eigenvalue weighted by atomic mass is 19.4. The Hall–Kier alpha value is -2.70. The van der Waals surface area contributed by atoms with Crippen LogP contribution < -0.4 is 0 Å². The minimum absolute atomic E-state index is 0.0861. The zero-order valence-corrected chi connectivity index (χ0v) is 12.5. The molecule has 0 amide bonds. The summed E-state index contributed by atoms with van der Waals surface area (Å²) in [7, 11) is 0. The number of aryl methyl sites for hydroxylation is 2. The molecule has 0 aliphatic heterocycles. The molecule has 0 spiro atoms. The summed E-state index contributed by atoms with van der Waals surface area (Å²) in [4.78, 5) is 8.15. The summed E-state index contributed by atoms with van der Waals surface area (Å²) in [6.45, 7) is 3.40. The molecule has 2 heterocycles. The lowest BCUT2D eigenvalue weighted by atomic mass is 10.1. The van der Waals surface area contributed by atoms with Crippen molar-refractivity contribution in [1.82, 2.24) is 19.7 Å². The Morgan fingerprint density at radius 2 is 1.52 bits per heavy atom. The average molecular weight is 318 g/mol. The van der Waals surface area contributed by atoms with Gasteiger partial charge in [-0.05, 0) is 26.0 Å². The second-order valence-electron chi connectivity index (χ2n) is 5.14. The van der Waals surface area contributed by atoms with Crippen molar-refractivity contribution in [3.05, 3.63) is 59.5 Å². The van der Waals surface area contributed by atoms with Crippen molar-refractivity contribution in [1.29, 1.82) is 0 Å². The van der Waals surface area contributed by atoms with Crippen LogP contribution in [0.25, 0.3) is 17.2 Å². The third-order valence-electron chi connectivity index (χ3n) is 3.23. The van der Waals surface area contributed by atoms with Crippen LogP contribution in [0.2, 0.25) is 0 Å². The van der Waals surface area contributed by atoms with E-state index in [0.717, 1.165) is 10.7 Å². The van der Waals surface area contributed by atoms with E-state index in [9.17, 15) is 13.2 Å². The highest BCUT2D eigenvalue weighted by Gasteiger charge is 2.37. The monoisotopic (exact) mass is 318 g/mol. The molecule has 0 saturated heterocycles. The van der Waals surface area contributed by atoms with Crippen LogP contribution in [-0.2, 0) is 6.18 Å². The van der Waals surface area contributed by atoms with E-state index in [1.54, 1.807) is 50.2 Å². The quantitative estimate of drug-likeness (QED) is 0.718. The van der Waals surface area contributed by atoms with Gasteiger partial charge < -0.3 is 0 Å². The minimum atomic E-state index is -4.55. The van der Waals surface area contributed by atoms with Crippen molar-refractivity contribution in [2.45, 2.75) is 20.0 Å². The number of benzene rings is 1. The number of alkyl halides is 3. The SMILES string of the molecule is Cc1cc(C)nc(-n2nc(-c3ccccc3)cc2C(F)(F)F)n1. The van der Waals surface area contributed by atoms with Gasteiger partial charge in [0.05, 0.1) is 5.69 Å². The Morgan fingerprint density at radius 1 is 0.913 bits per heavy atom. The Labute approximate surface area is 130 Å². The maximum Gasteiger partial charge on any atom is 0.433 e. The van der Waals surface area contributed by atoms with Crippen LogP contribution in [0.1, 0.15) is 17.1 Å². The highest BCUT2D eigenvalue weighted by Crippen LogP contribution is 2.33. The van der Waals surface area contributed by atoms with E-state index >= 15 is 0 Å². The summed E-state index contributed by atoms with van der Waals surface area (Å²) in [6.07, 6.45) is -4.55. The summed E-state index contributed by atoms with van der Waals surface area (Å²) in [5.41, 5.74) is 1.08. The lowest BCUT2D eigenvalue weighted by Gasteiger charge is -2.09. The van der Waals surface area contributed by atoms with E-state index < -0.39 is 11.9 Å². The highest BCUT2D eigenvalue weighted by molar-refractivity contribution is 5.59. The summed E-state index contributed by atoms with van der Waals surface area (Å²) in [5.74, 6) is -0.0861. The lowest BCUT2D eigenvalue weighted by molar-refractivity contribution is -0.142. The van der Waals surface area contributed by atoms with E-state index in [0.29, 0.717) is 17.0 Å². The number of nitrogens with zero attached hydrogens (tertiary/aromatic N) is 4. The molecule has 118 valence electrons. The summed E-state index contributed by atoms with van der Waals surface area (Å²) < 4.78 is 40.8. The molecule has 0 aliphatic carbocycles. The second kappa shape index (κ2) is 5.49. The van der Waals surface area contributed by atoms with Gasteiger partial charge in [-0.25, -0.2) is 9.97 Å². The average Bonchev–Trinajstić information content (AvgIpc) is 2.92. The molecule has 0 unspecified atom stereocenters. The maximum absolute atomic E-state index is 13.3. The van der Waals surface area contributed by atoms with E-state index in [1.165, 1.54) is 0 Å². The fourth-order valence-electron chi connectivity index (χ4n) is 2.29. The van der Waals surface area contributed by atoms with Gasteiger partial charge in [-0.3, -0.25) is 0 Å². The van der Waals surface area contributed by atoms with Crippen LogP contribution in [0.15, 0.2) is 42.5 Å². The van der Waals surface area contributed by atoms with Gasteiger partial charge in [-0.15, -0.1) is 0 Å². The standard InChI is InChI=1S/C16H13F3N4/c1-10-8-11(2)21-15(20-10)23-14(16(17,18)19)9-13(22-23)12-6-4-3-5-7-12/h3-9H,1-2H3. The zero-order valence-electron chi connectivity index (χ0n) is 12.5. The number of rotatable bonds is 2. The van der Waals surface area contributed by atoms with Crippen molar-refractivity contribution in [2.24, 2.45) is 0 Å². The molecule has 0 N–H and O–H groups in total. The second-order valence-corrected chi connectivity index (χ2v) is 5.14. The number of hydrogen-bond donors (Lipinski definition) is 0. The molecule has 7 heteroatoms. The van der Waals surface area contributed by atoms with Crippen molar-refractivity contribution < 1.29 is 13.2 Å². The van der Waals surface area contributed by atoms with Crippen LogP contribution in [-0.4, -0.2) is 19.7 Å². The van der Waals surface area contributed by atoms with E-state index in [1.807, 2.05) is 0 Å². The number of hydrogen-bond acceptors (Lipinski definition) is 3. The molecule has 0 bridgehead atoms. The molecule has 1 aromatic carbocycles. The normalized spacial score (nSPS) is 11.7. The Balaban J connectivity index is 2.21. The van der Waals surface area contributed by atoms with Gasteiger partial charge in [0, 0.05) is 17.0 Å². The van der Waals surface area contributed by atoms with Crippen molar-refractivity contribution in [3.8, 4) is 17.2 Å². The maximum atomic E-state index is 13.3. The van der Waals surface area contributed by atoms with Crippen LogP contribution in [0.4, 0.5) is 13.2 Å². The van der Waals surface area contributed by atoms with Gasteiger partial charge in [-0.1, -0.05) is 30.3 Å². The third kappa shape index (κ3) is 3.08. The van der Waals surface area contributed by atoms with Crippen LogP contribution in [0.3, 0.4) is 0 Å². The zero-order chi connectivity index (χ0) is 16.6. The van der Waals surface area contributed by atoms with E-state index in [4.69, 9.17) is 0 Å². The van der Waals surface area contributed by atoms with Crippen LogP contribution in [0, 0.1) is 13.8 Å². The first kappa shape index (κ1) is 15.2. The third-order valence-corrected chi connectivity index (χ3v) is 3.23. The molecule has 0 fully saturated rings. The largest absolute Gasteiger partial charge is 0.433 e. The van der Waals surface area contributed by atoms with E-state index in [-0.39, 0.29) is 11.6 Å². The smallest absolute Gasteiger partial charge is 0.216 e. The molecule has 0 atom stereocenters. The van der Waals surface area contributed by atoms with Gasteiger partial charge >= 0.3 is 6.18 Å². The first-order valence-electron chi connectivity index (χ1n) is 6.90. The molecule has 0 radical (unpaired) electrons. The molecule has 2 aromatic heterocycles. The first-order chi connectivity index (χ1) is 10.8. The summed E-state index contributed by atoms with van der Waals surface area (Å²) in [6, 6.07) is 11.4. The molecule has 3 aromatic rings. The fraction of sp³-hybridized carbons (Fsp3) is 0.188. The van der Waals surface area contributed by atoms with Crippen molar-refractivity contribution in [2.75, 3.05) is 0 Å². The molecule has 0 saturated carbocycles. The van der Waals surface area contributed by atoms with Crippen LogP contribution in [0.5, 0.6) is 0 Å². The van der Waals surface area contributed by atoms with Crippen molar-refractivity contribution in [3.63, 3.8) is 0 Å². The van der Waals surface area contributed by atoms with Crippen molar-refractivity contribution >= 4 is 0 Å². The summed E-state index contributed by atoms with van der Waals surface area (Å²) in [5, 5.41) is 4.07. The van der Waals surface area contributed by atoms with Gasteiger partial charge in [0.1, 0.15) is 0 Å². The predicted octanol–water partition coefficient (Wildman–Crippen LogP) is 3.96. The van der Waals surface area contributed by atoms with E-state index in [2.05, 4.69) is 15.1 Å². The van der Waals surface area contributed by atoms with Crippen LogP contribution >= 0.6 is 0 Å². The Bertz CT molecular complexity index is 818. The Kier molecular flexibility index (Phi) is 3.63. The van der Waals surface area contributed by atoms with Gasteiger partial charge in [0.15, 0.2) is 5.69 Å². The first-order valence-corrected chi connectivity index (χ1v) is 6.90. The molecule has 4 nitrogen and oxygen atoms in total. The van der Waals surface area contributed by atoms with Gasteiger partial charge in [0.2, 0.25) is 0 Å². The molecule has 3 rings (SSSR count). The molecule has 0 aliphatic rings. The lowest BCUT2D eigenvalue weighted by Crippen LogP contribution is -2.16. The fourth-order valence-corrected chi connectivity index (χ4v) is 2.29. The molecular weight excluding hydrogens is 305 g/mol.